The molecule has 1 rings (SSSR count). The van der Waals surface area contributed by atoms with E-state index in [4.69, 9.17) is 0 Å². The van der Waals surface area contributed by atoms with E-state index in [0.29, 0.717) is 12.5 Å². The predicted molar refractivity (Wildman–Crippen MR) is 48.8 cm³/mol. The summed E-state index contributed by atoms with van der Waals surface area (Å²) in [6, 6.07) is 0.471. The fourth-order valence-electron chi connectivity index (χ4n) is 0.899. The van der Waals surface area contributed by atoms with Crippen molar-refractivity contribution in [3.63, 3.8) is 0 Å². The van der Waals surface area contributed by atoms with Crippen molar-refractivity contribution in [2.45, 2.75) is 43.9 Å². The van der Waals surface area contributed by atoms with Crippen molar-refractivity contribution in [1.82, 2.24) is 5.32 Å². The van der Waals surface area contributed by atoms with Gasteiger partial charge in [-0.05, 0) is 12.8 Å². The fraction of sp³-hybridized carbons (Fsp3) is 0.875. The smallest absolute Gasteiger partial charge is 0.221 e. The lowest BCUT2D eigenvalue weighted by Crippen LogP contribution is -2.30. The third-order valence-electron chi connectivity index (χ3n) is 1.54. The molecule has 0 aromatic heterocycles. The summed E-state index contributed by atoms with van der Waals surface area (Å²) in [6.07, 6.45) is 2.81. The third-order valence-corrected chi connectivity index (χ3v) is 1.69. The van der Waals surface area contributed by atoms with Crippen LogP contribution in [0.4, 0.5) is 0 Å². The van der Waals surface area contributed by atoms with Crippen molar-refractivity contribution in [1.29, 1.82) is 0 Å². The molecular formula is C8H15NOS. The zero-order valence-electron chi connectivity index (χ0n) is 7.05. The van der Waals surface area contributed by atoms with Gasteiger partial charge in [0, 0.05) is 17.2 Å². The summed E-state index contributed by atoms with van der Waals surface area (Å²) in [5.41, 5.74) is 0. The molecule has 0 radical (unpaired) electrons. The minimum absolute atomic E-state index is 0.132. The van der Waals surface area contributed by atoms with Gasteiger partial charge in [-0.1, -0.05) is 13.8 Å². The SMILES string of the molecule is CC(C)(S)CC(=O)NC1CC1. The van der Waals surface area contributed by atoms with E-state index in [1.165, 1.54) is 0 Å². The Kier molecular flexibility index (Phi) is 2.47. The van der Waals surface area contributed by atoms with Gasteiger partial charge in [-0.15, -0.1) is 0 Å². The number of carbonyl (C=O) groups is 1. The highest BCUT2D eigenvalue weighted by Crippen LogP contribution is 2.21. The Morgan fingerprint density at radius 1 is 1.64 bits per heavy atom. The second-order valence-corrected chi connectivity index (χ2v) is 5.04. The first-order chi connectivity index (χ1) is 4.97. The average Bonchev–Trinajstić information content (AvgIpc) is 2.42. The minimum Gasteiger partial charge on any atom is -0.353 e. The van der Waals surface area contributed by atoms with Crippen LogP contribution in [-0.2, 0) is 4.79 Å². The Balaban J connectivity index is 2.19. The highest BCUT2D eigenvalue weighted by Gasteiger charge is 2.25. The topological polar surface area (TPSA) is 29.1 Å². The van der Waals surface area contributed by atoms with E-state index in [1.807, 2.05) is 13.8 Å². The number of amides is 1. The molecule has 1 saturated carbocycles. The summed E-state index contributed by atoms with van der Waals surface area (Å²) in [5.74, 6) is 0.132. The van der Waals surface area contributed by atoms with Crippen LogP contribution in [0.25, 0.3) is 0 Å². The summed E-state index contributed by atoms with van der Waals surface area (Å²) in [6.45, 7) is 3.89. The van der Waals surface area contributed by atoms with Crippen LogP contribution in [0.5, 0.6) is 0 Å². The van der Waals surface area contributed by atoms with E-state index in [-0.39, 0.29) is 10.7 Å². The number of thiol groups is 1. The molecule has 0 aromatic carbocycles. The molecule has 0 spiro atoms. The van der Waals surface area contributed by atoms with E-state index in [9.17, 15) is 4.79 Å². The zero-order valence-corrected chi connectivity index (χ0v) is 7.95. The van der Waals surface area contributed by atoms with E-state index in [2.05, 4.69) is 17.9 Å². The molecule has 1 amide bonds. The Bertz CT molecular complexity index is 158. The second-order valence-electron chi connectivity index (χ2n) is 3.83. The van der Waals surface area contributed by atoms with Gasteiger partial charge in [-0.25, -0.2) is 0 Å². The Hall–Kier alpha value is -0.180. The van der Waals surface area contributed by atoms with Crippen LogP contribution in [-0.4, -0.2) is 16.7 Å². The van der Waals surface area contributed by atoms with E-state index in [0.717, 1.165) is 12.8 Å². The van der Waals surface area contributed by atoms with Crippen molar-refractivity contribution >= 4 is 18.5 Å². The molecule has 1 aliphatic rings. The summed E-state index contributed by atoms with van der Waals surface area (Å²) in [5, 5.41) is 2.92. The molecule has 0 aliphatic heterocycles. The van der Waals surface area contributed by atoms with Crippen molar-refractivity contribution in [2.24, 2.45) is 0 Å². The largest absolute Gasteiger partial charge is 0.353 e. The number of nitrogens with one attached hydrogen (secondary N) is 1. The molecule has 0 unspecified atom stereocenters. The highest BCUT2D eigenvalue weighted by atomic mass is 32.1. The van der Waals surface area contributed by atoms with Crippen molar-refractivity contribution < 1.29 is 4.79 Å². The molecule has 3 heteroatoms. The first-order valence-corrected chi connectivity index (χ1v) is 4.44. The lowest BCUT2D eigenvalue weighted by Gasteiger charge is -2.15. The van der Waals surface area contributed by atoms with Gasteiger partial charge in [0.15, 0.2) is 0 Å². The van der Waals surface area contributed by atoms with Crippen LogP contribution in [0.3, 0.4) is 0 Å². The Morgan fingerprint density at radius 3 is 2.55 bits per heavy atom. The van der Waals surface area contributed by atoms with Gasteiger partial charge in [-0.2, -0.15) is 12.6 Å². The van der Waals surface area contributed by atoms with Gasteiger partial charge in [0.25, 0.3) is 0 Å². The molecule has 0 heterocycles. The van der Waals surface area contributed by atoms with E-state index >= 15 is 0 Å². The first-order valence-electron chi connectivity index (χ1n) is 3.99. The number of rotatable bonds is 3. The lowest BCUT2D eigenvalue weighted by molar-refractivity contribution is -0.121. The van der Waals surface area contributed by atoms with Gasteiger partial charge in [0.2, 0.25) is 5.91 Å². The molecule has 1 fully saturated rings. The Morgan fingerprint density at radius 2 is 2.18 bits per heavy atom. The molecule has 0 aromatic rings. The molecule has 64 valence electrons. The van der Waals surface area contributed by atoms with Crippen LogP contribution in [0.1, 0.15) is 33.1 Å². The fourth-order valence-corrected chi connectivity index (χ4v) is 1.04. The van der Waals surface area contributed by atoms with Crippen LogP contribution >= 0.6 is 12.6 Å². The van der Waals surface area contributed by atoms with Crippen molar-refractivity contribution in [3.05, 3.63) is 0 Å². The Labute approximate surface area is 73.2 Å². The number of hydrogen-bond acceptors (Lipinski definition) is 2. The van der Waals surface area contributed by atoms with Gasteiger partial charge < -0.3 is 5.32 Å². The van der Waals surface area contributed by atoms with Crippen LogP contribution in [0.15, 0.2) is 0 Å². The molecular weight excluding hydrogens is 158 g/mol. The van der Waals surface area contributed by atoms with Crippen LogP contribution < -0.4 is 5.32 Å². The molecule has 1 N–H and O–H groups in total. The van der Waals surface area contributed by atoms with Gasteiger partial charge in [-0.3, -0.25) is 4.79 Å². The summed E-state index contributed by atoms with van der Waals surface area (Å²) < 4.78 is -0.182. The number of hydrogen-bond donors (Lipinski definition) is 2. The van der Waals surface area contributed by atoms with Gasteiger partial charge in [0.1, 0.15) is 0 Å². The van der Waals surface area contributed by atoms with E-state index in [1.54, 1.807) is 0 Å². The third kappa shape index (κ3) is 4.30. The molecule has 0 atom stereocenters. The summed E-state index contributed by atoms with van der Waals surface area (Å²) >= 11 is 4.28. The molecule has 2 nitrogen and oxygen atoms in total. The number of carbonyl (C=O) groups excluding carboxylic acids is 1. The molecule has 11 heavy (non-hydrogen) atoms. The molecule has 0 saturated heterocycles. The van der Waals surface area contributed by atoms with Crippen LogP contribution in [0, 0.1) is 0 Å². The van der Waals surface area contributed by atoms with Crippen LogP contribution in [0.2, 0.25) is 0 Å². The quantitative estimate of drug-likeness (QED) is 0.620. The monoisotopic (exact) mass is 173 g/mol. The van der Waals surface area contributed by atoms with Crippen molar-refractivity contribution in [2.75, 3.05) is 0 Å². The second kappa shape index (κ2) is 3.05. The van der Waals surface area contributed by atoms with Gasteiger partial charge in [0.05, 0.1) is 0 Å². The van der Waals surface area contributed by atoms with Gasteiger partial charge >= 0.3 is 0 Å². The first kappa shape index (κ1) is 8.91. The lowest BCUT2D eigenvalue weighted by atomic mass is 10.1. The zero-order chi connectivity index (χ0) is 8.48. The van der Waals surface area contributed by atoms with E-state index < -0.39 is 0 Å². The normalized spacial score (nSPS) is 18.1. The molecule has 1 aliphatic carbocycles. The predicted octanol–water partition coefficient (Wildman–Crippen LogP) is 1.36. The molecule has 0 bridgehead atoms. The minimum atomic E-state index is -0.182. The highest BCUT2D eigenvalue weighted by molar-refractivity contribution is 7.81. The maximum atomic E-state index is 11.1. The maximum Gasteiger partial charge on any atom is 0.221 e. The average molecular weight is 173 g/mol. The maximum absolute atomic E-state index is 11.1. The van der Waals surface area contributed by atoms with Crippen molar-refractivity contribution in [3.8, 4) is 0 Å². The summed E-state index contributed by atoms with van der Waals surface area (Å²) in [4.78, 5) is 11.1. The standard InChI is InChI=1S/C8H15NOS/c1-8(2,11)5-7(10)9-6-3-4-6/h6,11H,3-5H2,1-2H3,(H,9,10). The summed E-state index contributed by atoms with van der Waals surface area (Å²) in [7, 11) is 0.